The van der Waals surface area contributed by atoms with Gasteiger partial charge in [0.05, 0.1) is 12.6 Å². The molecule has 3 aromatic rings. The van der Waals surface area contributed by atoms with Gasteiger partial charge in [0.15, 0.2) is 0 Å². The van der Waals surface area contributed by atoms with Crippen molar-refractivity contribution in [2.75, 3.05) is 13.7 Å². The van der Waals surface area contributed by atoms with Crippen LogP contribution >= 0.6 is 0 Å². The summed E-state index contributed by atoms with van der Waals surface area (Å²) in [6.07, 6.45) is 0. The van der Waals surface area contributed by atoms with Gasteiger partial charge in [-0.3, -0.25) is 4.79 Å². The number of methoxy groups -OCH3 is 1. The second-order valence-corrected chi connectivity index (χ2v) is 6.39. The van der Waals surface area contributed by atoms with Crippen LogP contribution in [0.25, 0.3) is 11.4 Å². The molecule has 0 bridgehead atoms. The average Bonchev–Trinajstić information content (AvgIpc) is 3.35. The number of carbonyl (C=O) groups excluding carboxylic acids is 1. The van der Waals surface area contributed by atoms with E-state index in [2.05, 4.69) is 15.5 Å². The van der Waals surface area contributed by atoms with E-state index < -0.39 is 0 Å². The minimum absolute atomic E-state index is 0.110. The summed E-state index contributed by atoms with van der Waals surface area (Å²) in [6, 6.07) is 12.2. The van der Waals surface area contributed by atoms with Crippen LogP contribution in [0.15, 0.2) is 47.0 Å². The third kappa shape index (κ3) is 3.60. The number of aliphatic hydroxyl groups is 1. The molecule has 2 aromatic carbocycles. The first-order valence-corrected chi connectivity index (χ1v) is 8.77. The minimum Gasteiger partial charge on any atom is -0.491 e. The minimum atomic E-state index is -0.261. The lowest BCUT2D eigenvalue weighted by atomic mass is 10.0. The molecule has 0 aliphatic carbocycles. The maximum atomic E-state index is 12.5. The number of nitrogens with zero attached hydrogens (tertiary/aromatic N) is 2. The van der Waals surface area contributed by atoms with Gasteiger partial charge in [-0.2, -0.15) is 4.98 Å². The fourth-order valence-corrected chi connectivity index (χ4v) is 3.08. The van der Waals surface area contributed by atoms with E-state index in [1.165, 1.54) is 0 Å². The zero-order chi connectivity index (χ0) is 19.5. The molecular formula is C20H19N3O5. The number of nitrogens with one attached hydrogen (secondary N) is 1. The first-order chi connectivity index (χ1) is 13.7. The Morgan fingerprint density at radius 3 is 3.04 bits per heavy atom. The van der Waals surface area contributed by atoms with Crippen molar-refractivity contribution in [3.63, 3.8) is 0 Å². The Morgan fingerprint density at radius 2 is 2.21 bits per heavy atom. The molecule has 2 N–H and O–H groups in total. The molecule has 1 amide bonds. The molecule has 0 saturated heterocycles. The lowest BCUT2D eigenvalue weighted by Gasteiger charge is -2.12. The van der Waals surface area contributed by atoms with Crippen LogP contribution in [0.4, 0.5) is 0 Å². The number of hydrogen-bond acceptors (Lipinski definition) is 7. The smallest absolute Gasteiger partial charge is 0.252 e. The van der Waals surface area contributed by atoms with Crippen molar-refractivity contribution in [1.29, 1.82) is 0 Å². The summed E-state index contributed by atoms with van der Waals surface area (Å²) >= 11 is 0. The molecule has 0 saturated carbocycles. The van der Waals surface area contributed by atoms with Crippen LogP contribution in [-0.2, 0) is 18.0 Å². The first-order valence-electron chi connectivity index (χ1n) is 8.77. The maximum Gasteiger partial charge on any atom is 0.252 e. The van der Waals surface area contributed by atoms with Gasteiger partial charge in [-0.15, -0.1) is 0 Å². The van der Waals surface area contributed by atoms with Crippen molar-refractivity contribution in [2.45, 2.75) is 19.3 Å². The standard InChI is InChI=1S/C20H19N3O5/c1-26-11-18-22-19(23-28-18)13-5-6-15-16(10-27-17(15)8-13)21-20(25)14-4-2-3-12(7-14)9-24/h2-8,16,24H,9-11H2,1H3,(H,21,25). The molecule has 1 atom stereocenters. The Labute approximate surface area is 161 Å². The summed E-state index contributed by atoms with van der Waals surface area (Å²) in [6.45, 7) is 0.479. The molecule has 8 nitrogen and oxygen atoms in total. The van der Waals surface area contributed by atoms with Crippen molar-refractivity contribution in [2.24, 2.45) is 0 Å². The fourth-order valence-electron chi connectivity index (χ4n) is 3.08. The highest BCUT2D eigenvalue weighted by molar-refractivity contribution is 5.94. The molecule has 144 valence electrons. The lowest BCUT2D eigenvalue weighted by Crippen LogP contribution is -2.29. The molecule has 2 heterocycles. The summed E-state index contributed by atoms with van der Waals surface area (Å²) in [5.74, 6) is 1.30. The number of hydrogen-bond donors (Lipinski definition) is 2. The fraction of sp³-hybridized carbons (Fsp3) is 0.250. The summed E-state index contributed by atoms with van der Waals surface area (Å²) in [5, 5.41) is 16.1. The average molecular weight is 381 g/mol. The molecule has 1 aliphatic rings. The van der Waals surface area contributed by atoms with Crippen LogP contribution in [0.1, 0.15) is 33.4 Å². The molecular weight excluding hydrogens is 362 g/mol. The van der Waals surface area contributed by atoms with E-state index in [9.17, 15) is 9.90 Å². The van der Waals surface area contributed by atoms with Gasteiger partial charge in [-0.1, -0.05) is 29.4 Å². The Bertz CT molecular complexity index is 1000. The van der Waals surface area contributed by atoms with Crippen LogP contribution in [0, 0.1) is 0 Å². The lowest BCUT2D eigenvalue weighted by molar-refractivity contribution is 0.0930. The highest BCUT2D eigenvalue weighted by Gasteiger charge is 2.27. The van der Waals surface area contributed by atoms with E-state index in [0.29, 0.717) is 35.2 Å². The molecule has 0 spiro atoms. The number of carbonyl (C=O) groups is 1. The predicted octanol–water partition coefficient (Wildman–Crippen LogP) is 2.24. The van der Waals surface area contributed by atoms with Crippen LogP contribution < -0.4 is 10.1 Å². The van der Waals surface area contributed by atoms with Gasteiger partial charge in [0.1, 0.15) is 19.0 Å². The zero-order valence-corrected chi connectivity index (χ0v) is 15.2. The first kappa shape index (κ1) is 18.1. The summed E-state index contributed by atoms with van der Waals surface area (Å²) < 4.78 is 15.8. The second-order valence-electron chi connectivity index (χ2n) is 6.39. The van der Waals surface area contributed by atoms with Crippen molar-refractivity contribution in [3.8, 4) is 17.1 Å². The number of rotatable bonds is 6. The van der Waals surface area contributed by atoms with Crippen molar-refractivity contribution in [1.82, 2.24) is 15.5 Å². The third-order valence-corrected chi connectivity index (χ3v) is 4.47. The monoisotopic (exact) mass is 381 g/mol. The van der Waals surface area contributed by atoms with Gasteiger partial charge >= 0.3 is 0 Å². The molecule has 28 heavy (non-hydrogen) atoms. The van der Waals surface area contributed by atoms with Gasteiger partial charge in [0.25, 0.3) is 11.8 Å². The van der Waals surface area contributed by atoms with E-state index in [0.717, 1.165) is 11.1 Å². The molecule has 1 aliphatic heterocycles. The van der Waals surface area contributed by atoms with Crippen LogP contribution in [0.3, 0.4) is 0 Å². The van der Waals surface area contributed by atoms with Crippen molar-refractivity contribution in [3.05, 3.63) is 65.0 Å². The highest BCUT2D eigenvalue weighted by atomic mass is 16.5. The topological polar surface area (TPSA) is 107 Å². The van der Waals surface area contributed by atoms with Gasteiger partial charge < -0.3 is 24.4 Å². The maximum absolute atomic E-state index is 12.5. The van der Waals surface area contributed by atoms with Crippen molar-refractivity contribution >= 4 is 5.91 Å². The summed E-state index contributed by atoms with van der Waals surface area (Å²) in [7, 11) is 1.56. The van der Waals surface area contributed by atoms with Gasteiger partial charge in [0.2, 0.25) is 5.82 Å². The molecule has 1 unspecified atom stereocenters. The second kappa shape index (κ2) is 7.79. The van der Waals surface area contributed by atoms with Gasteiger partial charge in [-0.05, 0) is 23.8 Å². The SMILES string of the molecule is COCc1nc(-c2ccc3c(c2)OCC3NC(=O)c2cccc(CO)c2)no1. The van der Waals surface area contributed by atoms with Gasteiger partial charge in [0, 0.05) is 23.8 Å². The predicted molar refractivity (Wildman–Crippen MR) is 98.5 cm³/mol. The quantitative estimate of drug-likeness (QED) is 0.674. The number of benzene rings is 2. The Kier molecular flexibility index (Phi) is 5.05. The van der Waals surface area contributed by atoms with Crippen molar-refractivity contribution < 1.29 is 23.9 Å². The molecule has 4 rings (SSSR count). The number of fused-ring (bicyclic) bond motifs is 1. The molecule has 8 heteroatoms. The molecule has 0 fully saturated rings. The molecule has 0 radical (unpaired) electrons. The van der Waals surface area contributed by atoms with E-state index in [4.69, 9.17) is 14.0 Å². The Hall–Kier alpha value is -3.23. The number of amides is 1. The van der Waals surface area contributed by atoms with E-state index in [-0.39, 0.29) is 25.2 Å². The van der Waals surface area contributed by atoms with E-state index >= 15 is 0 Å². The zero-order valence-electron chi connectivity index (χ0n) is 15.2. The number of aliphatic hydroxyl groups excluding tert-OH is 1. The number of ether oxygens (including phenoxy) is 2. The van der Waals surface area contributed by atoms with E-state index in [1.54, 1.807) is 31.4 Å². The molecule has 1 aromatic heterocycles. The van der Waals surface area contributed by atoms with Crippen LogP contribution in [0.2, 0.25) is 0 Å². The highest BCUT2D eigenvalue weighted by Crippen LogP contribution is 2.35. The third-order valence-electron chi connectivity index (χ3n) is 4.47. The normalized spacial score (nSPS) is 15.1. The largest absolute Gasteiger partial charge is 0.491 e. The number of aromatic nitrogens is 2. The van der Waals surface area contributed by atoms with Gasteiger partial charge in [-0.25, -0.2) is 0 Å². The van der Waals surface area contributed by atoms with Crippen LogP contribution in [-0.4, -0.2) is 34.9 Å². The Morgan fingerprint density at radius 1 is 1.32 bits per heavy atom. The van der Waals surface area contributed by atoms with Crippen LogP contribution in [0.5, 0.6) is 5.75 Å². The summed E-state index contributed by atoms with van der Waals surface area (Å²) in [4.78, 5) is 16.8. The van der Waals surface area contributed by atoms with E-state index in [1.807, 2.05) is 18.2 Å². The Balaban J connectivity index is 1.50. The summed E-state index contributed by atoms with van der Waals surface area (Å²) in [5.41, 5.74) is 2.82.